The van der Waals surface area contributed by atoms with Crippen LogP contribution in [0.5, 0.6) is 0 Å². The number of unbranched alkanes of at least 4 members (excludes halogenated alkanes) is 3. The molecule has 2 aromatic rings. The highest BCUT2D eigenvalue weighted by Crippen LogP contribution is 2.23. The Morgan fingerprint density at radius 2 is 1.85 bits per heavy atom. The molecule has 2 nitrogen and oxygen atoms in total. The smallest absolute Gasteiger partial charge is 0.0460 e. The van der Waals surface area contributed by atoms with Crippen LogP contribution in [0.3, 0.4) is 0 Å². The van der Waals surface area contributed by atoms with Gasteiger partial charge in [0.15, 0.2) is 0 Å². The number of allylic oxidation sites excluding steroid dienone is 1. The van der Waals surface area contributed by atoms with Crippen LogP contribution in [-0.2, 0) is 0 Å². The minimum Gasteiger partial charge on any atom is -0.271 e. The Hall–Kier alpha value is -1.64. The van der Waals surface area contributed by atoms with Crippen molar-refractivity contribution in [2.45, 2.75) is 38.1 Å². The van der Waals surface area contributed by atoms with E-state index in [2.05, 4.69) is 54.5 Å². The van der Waals surface area contributed by atoms with Gasteiger partial charge in [-0.25, -0.2) is 0 Å². The van der Waals surface area contributed by atoms with Gasteiger partial charge in [-0.05, 0) is 41.7 Å². The quantitative estimate of drug-likeness (QED) is 0.320. The third-order valence-electron chi connectivity index (χ3n) is 3.78. The van der Waals surface area contributed by atoms with Crippen LogP contribution in [-0.4, -0.2) is 0 Å². The Balaban J connectivity index is 1.99. The molecule has 0 saturated heterocycles. The van der Waals surface area contributed by atoms with Gasteiger partial charge in [0.25, 0.3) is 0 Å². The second-order valence-corrected chi connectivity index (χ2v) is 5.25. The summed E-state index contributed by atoms with van der Waals surface area (Å²) in [6.07, 6.45) is 7.82. The average Bonchev–Trinajstić information content (AvgIpc) is 2.50. The van der Waals surface area contributed by atoms with E-state index < -0.39 is 0 Å². The number of rotatable bonds is 8. The Labute approximate surface area is 121 Å². The van der Waals surface area contributed by atoms with Crippen LogP contribution in [0.2, 0.25) is 0 Å². The first-order chi connectivity index (χ1) is 9.85. The number of nitrogens with one attached hydrogen (secondary N) is 1. The third-order valence-corrected chi connectivity index (χ3v) is 3.78. The minimum atomic E-state index is 0.239. The number of hydrogen-bond acceptors (Lipinski definition) is 2. The molecule has 0 aliphatic rings. The lowest BCUT2D eigenvalue weighted by molar-refractivity contribution is 0.484. The SMILES string of the molecule is C=CCCCCCC(NN)c1ccc2ccccc2c1. The van der Waals surface area contributed by atoms with Crippen LogP contribution < -0.4 is 11.3 Å². The van der Waals surface area contributed by atoms with Crippen molar-refractivity contribution in [3.8, 4) is 0 Å². The van der Waals surface area contributed by atoms with Crippen molar-refractivity contribution in [2.75, 3.05) is 0 Å². The minimum absolute atomic E-state index is 0.239. The Kier molecular flexibility index (Phi) is 5.78. The maximum absolute atomic E-state index is 5.72. The molecule has 0 aliphatic carbocycles. The van der Waals surface area contributed by atoms with E-state index in [0.717, 1.165) is 12.8 Å². The van der Waals surface area contributed by atoms with E-state index in [4.69, 9.17) is 5.84 Å². The predicted octanol–water partition coefficient (Wildman–Crippen LogP) is 4.48. The third kappa shape index (κ3) is 3.92. The maximum atomic E-state index is 5.72. The van der Waals surface area contributed by atoms with E-state index in [-0.39, 0.29) is 6.04 Å². The second kappa shape index (κ2) is 7.83. The molecule has 0 amide bonds. The summed E-state index contributed by atoms with van der Waals surface area (Å²) in [5, 5.41) is 2.55. The van der Waals surface area contributed by atoms with Crippen LogP contribution in [0.15, 0.2) is 55.1 Å². The molecule has 0 aliphatic heterocycles. The number of benzene rings is 2. The number of nitrogens with two attached hydrogens (primary N) is 1. The van der Waals surface area contributed by atoms with E-state index in [1.807, 2.05) is 6.08 Å². The molecule has 20 heavy (non-hydrogen) atoms. The van der Waals surface area contributed by atoms with E-state index in [9.17, 15) is 0 Å². The maximum Gasteiger partial charge on any atom is 0.0460 e. The van der Waals surface area contributed by atoms with Gasteiger partial charge in [0.1, 0.15) is 0 Å². The van der Waals surface area contributed by atoms with Crippen LogP contribution >= 0.6 is 0 Å². The summed E-state index contributed by atoms with van der Waals surface area (Å²) in [6, 6.07) is 15.3. The molecule has 0 spiro atoms. The molecule has 1 atom stereocenters. The van der Waals surface area contributed by atoms with Gasteiger partial charge in [-0.1, -0.05) is 55.3 Å². The summed E-state index contributed by atoms with van der Waals surface area (Å²) < 4.78 is 0. The first-order valence-electron chi connectivity index (χ1n) is 7.41. The van der Waals surface area contributed by atoms with Crippen molar-refractivity contribution in [1.29, 1.82) is 0 Å². The van der Waals surface area contributed by atoms with E-state index >= 15 is 0 Å². The topological polar surface area (TPSA) is 38.0 Å². The Morgan fingerprint density at radius 3 is 2.60 bits per heavy atom. The van der Waals surface area contributed by atoms with Gasteiger partial charge in [0.2, 0.25) is 0 Å². The van der Waals surface area contributed by atoms with Crippen LogP contribution in [0, 0.1) is 0 Å². The van der Waals surface area contributed by atoms with Gasteiger partial charge < -0.3 is 0 Å². The number of hydrogen-bond donors (Lipinski definition) is 2. The lowest BCUT2D eigenvalue weighted by Gasteiger charge is -2.17. The Bertz CT molecular complexity index is 548. The largest absolute Gasteiger partial charge is 0.271 e. The van der Waals surface area contributed by atoms with E-state index in [0.29, 0.717) is 0 Å². The van der Waals surface area contributed by atoms with Gasteiger partial charge in [0.05, 0.1) is 0 Å². The molecule has 3 N–H and O–H groups in total. The van der Waals surface area contributed by atoms with Crippen molar-refractivity contribution in [1.82, 2.24) is 5.43 Å². The lowest BCUT2D eigenvalue weighted by Crippen LogP contribution is -2.27. The summed E-state index contributed by atoms with van der Waals surface area (Å²) in [5.41, 5.74) is 4.23. The highest BCUT2D eigenvalue weighted by atomic mass is 15.2. The first kappa shape index (κ1) is 14.8. The molecule has 0 saturated carbocycles. The van der Waals surface area contributed by atoms with Crippen molar-refractivity contribution in [2.24, 2.45) is 5.84 Å². The summed E-state index contributed by atoms with van der Waals surface area (Å²) >= 11 is 0. The van der Waals surface area contributed by atoms with Crippen LogP contribution in [0.25, 0.3) is 10.8 Å². The zero-order chi connectivity index (χ0) is 14.2. The lowest BCUT2D eigenvalue weighted by atomic mass is 9.98. The standard InChI is InChI=1S/C18H24N2/c1-2-3-4-5-6-11-18(20-19)17-13-12-15-9-7-8-10-16(15)14-17/h2,7-10,12-14,18,20H,1,3-6,11,19H2. The van der Waals surface area contributed by atoms with E-state index in [1.165, 1.54) is 35.6 Å². The highest BCUT2D eigenvalue weighted by molar-refractivity contribution is 5.83. The summed E-state index contributed by atoms with van der Waals surface area (Å²) in [7, 11) is 0. The zero-order valence-electron chi connectivity index (χ0n) is 12.0. The molecule has 106 valence electrons. The molecular formula is C18H24N2. The average molecular weight is 268 g/mol. The normalized spacial score (nSPS) is 12.4. The predicted molar refractivity (Wildman–Crippen MR) is 87.3 cm³/mol. The van der Waals surface area contributed by atoms with Gasteiger partial charge in [-0.3, -0.25) is 11.3 Å². The van der Waals surface area contributed by atoms with Crippen molar-refractivity contribution < 1.29 is 0 Å². The van der Waals surface area contributed by atoms with Crippen LogP contribution in [0.4, 0.5) is 0 Å². The number of hydrazine groups is 1. The molecular weight excluding hydrogens is 244 g/mol. The van der Waals surface area contributed by atoms with E-state index in [1.54, 1.807) is 0 Å². The fourth-order valence-electron chi connectivity index (χ4n) is 2.58. The summed E-state index contributed by atoms with van der Waals surface area (Å²) in [5.74, 6) is 5.72. The van der Waals surface area contributed by atoms with Crippen molar-refractivity contribution in [3.63, 3.8) is 0 Å². The molecule has 0 radical (unpaired) electrons. The molecule has 0 bridgehead atoms. The highest BCUT2D eigenvalue weighted by Gasteiger charge is 2.09. The summed E-state index contributed by atoms with van der Waals surface area (Å²) in [6.45, 7) is 3.75. The molecule has 1 unspecified atom stereocenters. The molecule has 0 aromatic heterocycles. The van der Waals surface area contributed by atoms with Gasteiger partial charge in [-0.2, -0.15) is 0 Å². The van der Waals surface area contributed by atoms with Gasteiger partial charge >= 0.3 is 0 Å². The fraction of sp³-hybridized carbons (Fsp3) is 0.333. The molecule has 0 fully saturated rings. The monoisotopic (exact) mass is 268 g/mol. The Morgan fingerprint density at radius 1 is 1.05 bits per heavy atom. The molecule has 2 rings (SSSR count). The van der Waals surface area contributed by atoms with Crippen molar-refractivity contribution in [3.05, 3.63) is 60.7 Å². The fourth-order valence-corrected chi connectivity index (χ4v) is 2.58. The summed E-state index contributed by atoms with van der Waals surface area (Å²) in [4.78, 5) is 0. The second-order valence-electron chi connectivity index (χ2n) is 5.25. The van der Waals surface area contributed by atoms with Crippen molar-refractivity contribution >= 4 is 10.8 Å². The van der Waals surface area contributed by atoms with Gasteiger partial charge in [-0.15, -0.1) is 6.58 Å². The molecule has 2 heteroatoms. The van der Waals surface area contributed by atoms with Gasteiger partial charge in [0, 0.05) is 6.04 Å². The first-order valence-corrected chi connectivity index (χ1v) is 7.41. The van der Waals surface area contributed by atoms with Crippen LogP contribution in [0.1, 0.15) is 43.7 Å². The molecule has 2 aromatic carbocycles. The number of fused-ring (bicyclic) bond motifs is 1. The molecule has 0 heterocycles. The zero-order valence-corrected chi connectivity index (χ0v) is 12.0.